The lowest BCUT2D eigenvalue weighted by Crippen LogP contribution is -2.36. The fraction of sp³-hybridized carbons (Fsp3) is 0.368. The molecule has 0 spiro atoms. The van der Waals surface area contributed by atoms with Crippen LogP contribution in [0.25, 0.3) is 0 Å². The Labute approximate surface area is 175 Å². The second-order valence-corrected chi connectivity index (χ2v) is 10.2. The minimum atomic E-state index is -0.164. The zero-order valence-corrected chi connectivity index (χ0v) is 17.9. The van der Waals surface area contributed by atoms with Gasteiger partial charge in [0.2, 0.25) is 5.91 Å². The van der Waals surface area contributed by atoms with E-state index in [0.29, 0.717) is 17.8 Å². The molecule has 1 aromatic heterocycles. The van der Waals surface area contributed by atoms with Crippen molar-refractivity contribution in [1.29, 1.82) is 0 Å². The lowest BCUT2D eigenvalue weighted by atomic mass is 10.2. The van der Waals surface area contributed by atoms with E-state index in [1.54, 1.807) is 11.0 Å². The predicted molar refractivity (Wildman–Crippen MR) is 116 cm³/mol. The first-order valence-corrected chi connectivity index (χ1v) is 11.5. The zero-order chi connectivity index (χ0) is 18.8. The molecule has 0 saturated carbocycles. The summed E-state index contributed by atoms with van der Waals surface area (Å²) >= 11 is 6.62. The Morgan fingerprint density at radius 3 is 2.56 bits per heavy atom. The van der Waals surface area contributed by atoms with Crippen LogP contribution in [0.3, 0.4) is 0 Å². The van der Waals surface area contributed by atoms with Gasteiger partial charge in [0.1, 0.15) is 0 Å². The maximum absolute atomic E-state index is 12.4. The topological polar surface area (TPSA) is 52.7 Å². The van der Waals surface area contributed by atoms with Crippen molar-refractivity contribution in [3.8, 4) is 0 Å². The van der Waals surface area contributed by atoms with Gasteiger partial charge in [-0.15, -0.1) is 11.3 Å². The van der Waals surface area contributed by atoms with Gasteiger partial charge in [-0.05, 0) is 77.1 Å². The van der Waals surface area contributed by atoms with Crippen LogP contribution in [-0.2, 0) is 4.79 Å². The van der Waals surface area contributed by atoms with Gasteiger partial charge in [-0.25, -0.2) is 0 Å². The average molecular weight is 466 g/mol. The molecular weight excluding hydrogens is 446 g/mol. The first-order chi connectivity index (χ1) is 13.1. The number of nitrogens with one attached hydrogen (secondary N) is 1. The van der Waals surface area contributed by atoms with Crippen molar-refractivity contribution >= 4 is 62.4 Å². The SMILES string of the molecule is O=C(NC1CC(=O)N(c2ccc(N3CCCCS3)cc2)C1)c1ccc(Br)s1. The van der Waals surface area contributed by atoms with Crippen LogP contribution in [0.1, 0.15) is 28.9 Å². The van der Waals surface area contributed by atoms with E-state index in [9.17, 15) is 9.59 Å². The van der Waals surface area contributed by atoms with Crippen LogP contribution in [0.5, 0.6) is 0 Å². The number of thiophene rings is 1. The van der Waals surface area contributed by atoms with Crippen LogP contribution >= 0.6 is 39.2 Å². The molecule has 1 atom stereocenters. The van der Waals surface area contributed by atoms with E-state index in [1.807, 2.05) is 30.1 Å². The molecule has 4 rings (SSSR count). The fourth-order valence-corrected chi connectivity index (χ4v) is 5.72. The third kappa shape index (κ3) is 4.33. The molecule has 0 bridgehead atoms. The minimum Gasteiger partial charge on any atom is -0.346 e. The number of benzene rings is 1. The Hall–Kier alpha value is -1.51. The van der Waals surface area contributed by atoms with Crippen LogP contribution in [0.2, 0.25) is 0 Å². The summed E-state index contributed by atoms with van der Waals surface area (Å²) < 4.78 is 3.24. The molecule has 0 aliphatic carbocycles. The molecule has 3 heterocycles. The normalized spacial score (nSPS) is 20.2. The van der Waals surface area contributed by atoms with Gasteiger partial charge < -0.3 is 14.5 Å². The quantitative estimate of drug-likeness (QED) is 0.683. The summed E-state index contributed by atoms with van der Waals surface area (Å²) in [6.07, 6.45) is 2.83. The lowest BCUT2D eigenvalue weighted by Gasteiger charge is -2.27. The summed E-state index contributed by atoms with van der Waals surface area (Å²) in [6, 6.07) is 11.6. The summed E-state index contributed by atoms with van der Waals surface area (Å²) in [6.45, 7) is 1.58. The smallest absolute Gasteiger partial charge is 0.261 e. The van der Waals surface area contributed by atoms with Crippen LogP contribution in [-0.4, -0.2) is 36.7 Å². The molecule has 1 aromatic carbocycles. The number of rotatable bonds is 4. The molecule has 8 heteroatoms. The number of anilines is 2. The van der Waals surface area contributed by atoms with Crippen molar-refractivity contribution in [2.24, 2.45) is 0 Å². The van der Waals surface area contributed by atoms with E-state index >= 15 is 0 Å². The van der Waals surface area contributed by atoms with E-state index in [4.69, 9.17) is 0 Å². The molecule has 1 N–H and O–H groups in total. The highest BCUT2D eigenvalue weighted by molar-refractivity contribution is 9.11. The molecule has 2 saturated heterocycles. The van der Waals surface area contributed by atoms with Crippen molar-refractivity contribution in [3.63, 3.8) is 0 Å². The van der Waals surface area contributed by atoms with Crippen LogP contribution < -0.4 is 14.5 Å². The molecule has 2 aliphatic heterocycles. The number of nitrogens with zero attached hydrogens (tertiary/aromatic N) is 2. The monoisotopic (exact) mass is 465 g/mol. The Morgan fingerprint density at radius 2 is 1.89 bits per heavy atom. The predicted octanol–water partition coefficient (Wildman–Crippen LogP) is 4.29. The summed E-state index contributed by atoms with van der Waals surface area (Å²) in [4.78, 5) is 27.2. The van der Waals surface area contributed by atoms with Gasteiger partial charge in [-0.2, -0.15) is 0 Å². The third-order valence-corrected chi connectivity index (χ3v) is 7.51. The van der Waals surface area contributed by atoms with Crippen molar-refractivity contribution in [2.75, 3.05) is 28.0 Å². The average Bonchev–Trinajstić information content (AvgIpc) is 3.28. The second kappa shape index (κ2) is 8.24. The third-order valence-electron chi connectivity index (χ3n) is 4.71. The standard InChI is InChI=1S/C19H20BrN3O2S2/c20-17-8-7-16(27-17)19(25)21-13-11-18(24)22(12-13)14-3-5-15(6-4-14)23-9-1-2-10-26-23/h3-8,13H,1-2,9-12H2,(H,21,25). The molecule has 2 aromatic rings. The number of amides is 2. The first kappa shape index (κ1) is 18.8. The molecule has 5 nitrogen and oxygen atoms in total. The van der Waals surface area contributed by atoms with E-state index < -0.39 is 0 Å². The molecule has 2 fully saturated rings. The molecule has 2 aliphatic rings. The maximum atomic E-state index is 12.4. The van der Waals surface area contributed by atoms with Crippen molar-refractivity contribution < 1.29 is 9.59 Å². The Kier molecular flexibility index (Phi) is 5.75. The van der Waals surface area contributed by atoms with E-state index in [0.717, 1.165) is 21.8 Å². The van der Waals surface area contributed by atoms with Gasteiger partial charge in [0, 0.05) is 36.6 Å². The van der Waals surface area contributed by atoms with Crippen LogP contribution in [0.15, 0.2) is 40.2 Å². The van der Waals surface area contributed by atoms with E-state index in [-0.39, 0.29) is 17.9 Å². The minimum absolute atomic E-state index is 0.0488. The summed E-state index contributed by atoms with van der Waals surface area (Å²) in [5.41, 5.74) is 2.07. The summed E-state index contributed by atoms with van der Waals surface area (Å²) in [5.74, 6) is 1.09. The fourth-order valence-electron chi connectivity index (χ4n) is 3.35. The summed E-state index contributed by atoms with van der Waals surface area (Å²) in [5, 5.41) is 2.98. The van der Waals surface area contributed by atoms with E-state index in [2.05, 4.69) is 37.7 Å². The summed E-state index contributed by atoms with van der Waals surface area (Å²) in [7, 11) is 0. The van der Waals surface area contributed by atoms with Gasteiger partial charge >= 0.3 is 0 Å². The molecular formula is C19H20BrN3O2S2. The number of halogens is 1. The molecule has 142 valence electrons. The maximum Gasteiger partial charge on any atom is 0.261 e. The van der Waals surface area contributed by atoms with Crippen molar-refractivity contribution in [2.45, 2.75) is 25.3 Å². The van der Waals surface area contributed by atoms with Gasteiger partial charge in [-0.1, -0.05) is 0 Å². The van der Waals surface area contributed by atoms with Gasteiger partial charge in [0.25, 0.3) is 5.91 Å². The highest BCUT2D eigenvalue weighted by Crippen LogP contribution is 2.30. The second-order valence-electron chi connectivity index (χ2n) is 6.64. The first-order valence-electron chi connectivity index (χ1n) is 8.97. The van der Waals surface area contributed by atoms with Crippen LogP contribution in [0, 0.1) is 0 Å². The number of hydrogen-bond donors (Lipinski definition) is 1. The molecule has 2 amide bonds. The van der Waals surface area contributed by atoms with E-state index in [1.165, 1.54) is 29.9 Å². The highest BCUT2D eigenvalue weighted by Gasteiger charge is 2.32. The lowest BCUT2D eigenvalue weighted by molar-refractivity contribution is -0.117. The largest absolute Gasteiger partial charge is 0.346 e. The molecule has 27 heavy (non-hydrogen) atoms. The number of hydrogen-bond acceptors (Lipinski definition) is 5. The van der Waals surface area contributed by atoms with Crippen LogP contribution in [0.4, 0.5) is 11.4 Å². The van der Waals surface area contributed by atoms with Gasteiger partial charge in [0.15, 0.2) is 0 Å². The Morgan fingerprint density at radius 1 is 1.11 bits per heavy atom. The number of carbonyl (C=O) groups excluding carboxylic acids is 2. The van der Waals surface area contributed by atoms with Crippen molar-refractivity contribution in [1.82, 2.24) is 5.32 Å². The van der Waals surface area contributed by atoms with Gasteiger partial charge in [0.05, 0.1) is 14.7 Å². The molecule has 1 unspecified atom stereocenters. The van der Waals surface area contributed by atoms with Crippen molar-refractivity contribution in [3.05, 3.63) is 45.1 Å². The Bertz CT molecular complexity index is 834. The molecule has 0 radical (unpaired) electrons. The zero-order valence-electron chi connectivity index (χ0n) is 14.7. The Balaban J connectivity index is 1.39. The number of carbonyl (C=O) groups is 2. The highest BCUT2D eigenvalue weighted by atomic mass is 79.9. The van der Waals surface area contributed by atoms with Gasteiger partial charge in [-0.3, -0.25) is 9.59 Å².